The van der Waals surface area contributed by atoms with Gasteiger partial charge in [0.1, 0.15) is 0 Å². The highest BCUT2D eigenvalue weighted by atomic mass is 79.9. The molecule has 3 rings (SSSR count). The molecular weight excluding hydrogens is 282 g/mol. The van der Waals surface area contributed by atoms with Crippen LogP contribution in [0.1, 0.15) is 24.8 Å². The first-order valence-corrected chi connectivity index (χ1v) is 6.91. The van der Waals surface area contributed by atoms with Gasteiger partial charge >= 0.3 is 0 Å². The Bertz CT molecular complexity index is 418. The first-order valence-electron chi connectivity index (χ1n) is 6.11. The molecule has 17 heavy (non-hydrogen) atoms. The molecule has 0 amide bonds. The molecule has 0 radical (unpaired) electrons. The van der Waals surface area contributed by atoms with Crippen LogP contribution in [0.5, 0.6) is 11.5 Å². The van der Waals surface area contributed by atoms with Crippen molar-refractivity contribution in [2.75, 3.05) is 13.3 Å². The number of hydrogen-bond donors (Lipinski definition) is 1. The summed E-state index contributed by atoms with van der Waals surface area (Å²) in [6.45, 7) is 2.32. The number of halogens is 1. The van der Waals surface area contributed by atoms with Gasteiger partial charge in [-0.3, -0.25) is 0 Å². The summed E-state index contributed by atoms with van der Waals surface area (Å²) in [5.41, 5.74) is 1.23. The highest BCUT2D eigenvalue weighted by Crippen LogP contribution is 2.37. The summed E-state index contributed by atoms with van der Waals surface area (Å²) >= 11 is 3.57. The maximum atomic E-state index is 5.38. The van der Waals surface area contributed by atoms with Gasteiger partial charge < -0.3 is 14.8 Å². The topological polar surface area (TPSA) is 30.5 Å². The normalized spacial score (nSPS) is 17.5. The van der Waals surface area contributed by atoms with Crippen LogP contribution in [0.4, 0.5) is 0 Å². The Balaban J connectivity index is 1.57. The van der Waals surface area contributed by atoms with Crippen molar-refractivity contribution in [2.24, 2.45) is 5.92 Å². The van der Waals surface area contributed by atoms with Gasteiger partial charge in [-0.1, -0.05) is 28.8 Å². The lowest BCUT2D eigenvalue weighted by molar-refractivity contribution is 0.174. The lowest BCUT2D eigenvalue weighted by atomic mass is 10.2. The molecule has 1 heterocycles. The van der Waals surface area contributed by atoms with E-state index in [1.54, 1.807) is 0 Å². The van der Waals surface area contributed by atoms with Crippen LogP contribution in [-0.2, 0) is 6.54 Å². The second-order valence-corrected chi connectivity index (χ2v) is 5.56. The largest absolute Gasteiger partial charge is 0.454 e. The lowest BCUT2D eigenvalue weighted by Gasteiger charge is -2.08. The monoisotopic (exact) mass is 297 g/mol. The van der Waals surface area contributed by atoms with Gasteiger partial charge in [-0.05, 0) is 36.6 Å². The van der Waals surface area contributed by atoms with Gasteiger partial charge in [0.25, 0.3) is 0 Å². The SMILES string of the molecule is Brc1cc2c(cc1CNCCC1CC1)OCO2. The zero-order valence-corrected chi connectivity index (χ0v) is 11.3. The number of ether oxygens (including phenoxy) is 2. The summed E-state index contributed by atoms with van der Waals surface area (Å²) in [6, 6.07) is 4.04. The summed E-state index contributed by atoms with van der Waals surface area (Å²) in [5.74, 6) is 2.67. The number of hydrogen-bond acceptors (Lipinski definition) is 3. The van der Waals surface area contributed by atoms with E-state index in [0.717, 1.165) is 35.0 Å². The lowest BCUT2D eigenvalue weighted by Crippen LogP contribution is -2.15. The van der Waals surface area contributed by atoms with Gasteiger partial charge in [0.15, 0.2) is 11.5 Å². The van der Waals surface area contributed by atoms with E-state index in [2.05, 4.69) is 27.3 Å². The fourth-order valence-electron chi connectivity index (χ4n) is 2.03. The van der Waals surface area contributed by atoms with Crippen LogP contribution in [0.2, 0.25) is 0 Å². The molecule has 1 aromatic carbocycles. The fourth-order valence-corrected chi connectivity index (χ4v) is 2.49. The molecule has 1 aliphatic heterocycles. The standard InChI is InChI=1S/C13H16BrNO2/c14-11-6-13-12(16-8-17-13)5-10(11)7-15-4-3-9-1-2-9/h5-6,9,15H,1-4,7-8H2. The van der Waals surface area contributed by atoms with Crippen molar-refractivity contribution in [3.63, 3.8) is 0 Å². The minimum atomic E-state index is 0.334. The minimum absolute atomic E-state index is 0.334. The van der Waals surface area contributed by atoms with Crippen LogP contribution in [0.15, 0.2) is 16.6 Å². The van der Waals surface area contributed by atoms with Gasteiger partial charge in [0.2, 0.25) is 6.79 Å². The Morgan fingerprint density at radius 3 is 2.76 bits per heavy atom. The molecule has 0 spiro atoms. The summed E-state index contributed by atoms with van der Waals surface area (Å²) in [6.07, 6.45) is 4.16. The molecule has 3 nitrogen and oxygen atoms in total. The van der Waals surface area contributed by atoms with E-state index in [4.69, 9.17) is 9.47 Å². The third-order valence-corrected chi connectivity index (χ3v) is 4.02. The smallest absolute Gasteiger partial charge is 0.231 e. The third-order valence-electron chi connectivity index (χ3n) is 3.28. The van der Waals surface area contributed by atoms with E-state index >= 15 is 0 Å². The van der Waals surface area contributed by atoms with Crippen LogP contribution in [-0.4, -0.2) is 13.3 Å². The average molecular weight is 298 g/mol. The molecule has 1 fully saturated rings. The Morgan fingerprint density at radius 2 is 2.00 bits per heavy atom. The molecule has 0 bridgehead atoms. The Morgan fingerprint density at radius 1 is 1.24 bits per heavy atom. The average Bonchev–Trinajstić information content (AvgIpc) is 3.03. The molecular formula is C13H16BrNO2. The first kappa shape index (κ1) is 11.4. The summed E-state index contributed by atoms with van der Waals surface area (Å²) in [4.78, 5) is 0. The van der Waals surface area contributed by atoms with E-state index in [9.17, 15) is 0 Å². The van der Waals surface area contributed by atoms with Crippen LogP contribution in [0.25, 0.3) is 0 Å². The Labute approximate surface area is 110 Å². The van der Waals surface area contributed by atoms with E-state index in [1.165, 1.54) is 24.8 Å². The molecule has 2 aliphatic rings. The molecule has 4 heteroatoms. The summed E-state index contributed by atoms with van der Waals surface area (Å²) < 4.78 is 11.8. The maximum Gasteiger partial charge on any atom is 0.231 e. The molecule has 0 saturated heterocycles. The van der Waals surface area contributed by atoms with Gasteiger partial charge in [-0.25, -0.2) is 0 Å². The van der Waals surface area contributed by atoms with Gasteiger partial charge in [0, 0.05) is 11.0 Å². The van der Waals surface area contributed by atoms with Crippen LogP contribution < -0.4 is 14.8 Å². The third kappa shape index (κ3) is 2.75. The van der Waals surface area contributed by atoms with Crippen molar-refractivity contribution in [1.82, 2.24) is 5.32 Å². The molecule has 92 valence electrons. The van der Waals surface area contributed by atoms with Crippen LogP contribution in [0.3, 0.4) is 0 Å². The molecule has 0 unspecified atom stereocenters. The van der Waals surface area contributed by atoms with Crippen molar-refractivity contribution in [3.8, 4) is 11.5 Å². The van der Waals surface area contributed by atoms with Gasteiger partial charge in [0.05, 0.1) is 0 Å². The van der Waals surface area contributed by atoms with Crippen LogP contribution in [0, 0.1) is 5.92 Å². The van der Waals surface area contributed by atoms with E-state index < -0.39 is 0 Å². The molecule has 0 aromatic heterocycles. The van der Waals surface area contributed by atoms with Crippen molar-refractivity contribution in [2.45, 2.75) is 25.8 Å². The second kappa shape index (κ2) is 4.86. The van der Waals surface area contributed by atoms with Crippen molar-refractivity contribution >= 4 is 15.9 Å². The van der Waals surface area contributed by atoms with E-state index in [1.807, 2.05) is 6.07 Å². The van der Waals surface area contributed by atoms with E-state index in [-0.39, 0.29) is 0 Å². The quantitative estimate of drug-likeness (QED) is 0.848. The minimum Gasteiger partial charge on any atom is -0.454 e. The molecule has 0 atom stereocenters. The number of nitrogens with one attached hydrogen (secondary N) is 1. The first-order chi connectivity index (χ1) is 8.33. The van der Waals surface area contributed by atoms with Crippen molar-refractivity contribution in [3.05, 3.63) is 22.2 Å². The molecule has 1 aliphatic carbocycles. The molecule has 1 aromatic rings. The fraction of sp³-hybridized carbons (Fsp3) is 0.538. The van der Waals surface area contributed by atoms with Crippen LogP contribution >= 0.6 is 15.9 Å². The van der Waals surface area contributed by atoms with Crippen molar-refractivity contribution in [1.29, 1.82) is 0 Å². The zero-order chi connectivity index (χ0) is 11.7. The van der Waals surface area contributed by atoms with Gasteiger partial charge in [-0.2, -0.15) is 0 Å². The number of rotatable bonds is 5. The van der Waals surface area contributed by atoms with Gasteiger partial charge in [-0.15, -0.1) is 0 Å². The molecule has 1 saturated carbocycles. The summed E-state index contributed by atoms with van der Waals surface area (Å²) in [5, 5.41) is 3.48. The number of fused-ring (bicyclic) bond motifs is 1. The Kier molecular flexibility index (Phi) is 3.25. The van der Waals surface area contributed by atoms with Crippen molar-refractivity contribution < 1.29 is 9.47 Å². The number of benzene rings is 1. The molecule has 1 N–H and O–H groups in total. The Hall–Kier alpha value is -0.740. The highest BCUT2D eigenvalue weighted by molar-refractivity contribution is 9.10. The zero-order valence-electron chi connectivity index (χ0n) is 9.67. The maximum absolute atomic E-state index is 5.38. The second-order valence-electron chi connectivity index (χ2n) is 4.71. The predicted molar refractivity (Wildman–Crippen MR) is 69.3 cm³/mol. The highest BCUT2D eigenvalue weighted by Gasteiger charge is 2.20. The predicted octanol–water partition coefficient (Wildman–Crippen LogP) is 3.07. The summed E-state index contributed by atoms with van der Waals surface area (Å²) in [7, 11) is 0. The van der Waals surface area contributed by atoms with E-state index in [0.29, 0.717) is 6.79 Å².